The molecule has 0 aromatic heterocycles. The fraction of sp³-hybridized carbons (Fsp3) is 0.857. The van der Waals surface area contributed by atoms with Crippen LogP contribution in [0, 0.1) is 0 Å². The first kappa shape index (κ1) is 26.7. The zero-order valence-corrected chi connectivity index (χ0v) is 20.5. The van der Waals surface area contributed by atoms with Crippen molar-refractivity contribution >= 4 is 58.3 Å². The van der Waals surface area contributed by atoms with Crippen molar-refractivity contribution in [3.05, 3.63) is 0 Å². The van der Waals surface area contributed by atoms with Gasteiger partial charge in [0.1, 0.15) is 0 Å². The van der Waals surface area contributed by atoms with E-state index in [2.05, 4.69) is 27.7 Å². The molecule has 0 rings (SSSR count). The molecular formula is C14H28N2S4Zn. The van der Waals surface area contributed by atoms with Gasteiger partial charge in [0.15, 0.2) is 0 Å². The van der Waals surface area contributed by atoms with Gasteiger partial charge in [-0.05, 0) is 25.7 Å². The quantitative estimate of drug-likeness (QED) is 0.365. The van der Waals surface area contributed by atoms with Crippen molar-refractivity contribution in [2.75, 3.05) is 14.1 Å². The Kier molecular flexibility index (Phi) is 20.0. The van der Waals surface area contributed by atoms with E-state index in [0.29, 0.717) is 20.7 Å². The van der Waals surface area contributed by atoms with Crippen LogP contribution in [0.1, 0.15) is 53.4 Å². The summed E-state index contributed by atoms with van der Waals surface area (Å²) in [5.74, 6) is 0. The molecule has 0 aliphatic rings. The molecule has 0 spiro atoms. The van der Waals surface area contributed by atoms with Crippen molar-refractivity contribution in [1.29, 1.82) is 0 Å². The first-order valence-corrected chi connectivity index (χ1v) is 8.77. The summed E-state index contributed by atoms with van der Waals surface area (Å²) < 4.78 is 1.16. The summed E-state index contributed by atoms with van der Waals surface area (Å²) in [5, 5.41) is 0. The summed E-state index contributed by atoms with van der Waals surface area (Å²) in [6.45, 7) is 8.60. The van der Waals surface area contributed by atoms with Crippen LogP contribution in [0.3, 0.4) is 0 Å². The van der Waals surface area contributed by atoms with Gasteiger partial charge < -0.3 is 59.5 Å². The number of hydrogen-bond acceptors (Lipinski definition) is 4. The summed E-state index contributed by atoms with van der Waals surface area (Å²) in [5.41, 5.74) is 0. The van der Waals surface area contributed by atoms with Crippen LogP contribution in [0.25, 0.3) is 0 Å². The van der Waals surface area contributed by atoms with Gasteiger partial charge in [-0.25, -0.2) is 0 Å². The van der Waals surface area contributed by atoms with Gasteiger partial charge in [0.25, 0.3) is 0 Å². The maximum atomic E-state index is 4.87. The second kappa shape index (κ2) is 15.7. The Morgan fingerprint density at radius 3 is 1.00 bits per heavy atom. The number of nitrogens with zero attached hydrogens (tertiary/aromatic N) is 2. The van der Waals surface area contributed by atoms with E-state index in [1.165, 1.54) is 0 Å². The average molecular weight is 418 g/mol. The van der Waals surface area contributed by atoms with Crippen molar-refractivity contribution in [2.24, 2.45) is 0 Å². The van der Waals surface area contributed by atoms with E-state index >= 15 is 0 Å². The van der Waals surface area contributed by atoms with Gasteiger partial charge in [0.2, 0.25) is 0 Å². The van der Waals surface area contributed by atoms with E-state index < -0.39 is 0 Å². The van der Waals surface area contributed by atoms with E-state index in [0.717, 1.165) is 25.7 Å². The van der Waals surface area contributed by atoms with Gasteiger partial charge >= 0.3 is 19.5 Å². The standard InChI is InChI=1S/2C7H15NS2.Zn/c2*1-4-6(5-2)8(3)7(9)10;/h2*6H,4-5H2,1-3H3,(H,9,10);/q;;+2/p-2. The molecule has 0 aliphatic heterocycles. The molecule has 0 atom stereocenters. The van der Waals surface area contributed by atoms with Gasteiger partial charge in [-0.1, -0.05) is 36.3 Å². The molecule has 0 amide bonds. The Labute approximate surface area is 166 Å². The fourth-order valence-electron chi connectivity index (χ4n) is 1.97. The zero-order valence-electron chi connectivity index (χ0n) is 14.2. The van der Waals surface area contributed by atoms with Crippen molar-refractivity contribution in [3.63, 3.8) is 0 Å². The molecule has 7 heteroatoms. The molecule has 21 heavy (non-hydrogen) atoms. The van der Waals surface area contributed by atoms with Crippen LogP contribution in [0.4, 0.5) is 0 Å². The zero-order chi connectivity index (χ0) is 16.3. The first-order chi connectivity index (χ1) is 9.26. The SMILES string of the molecule is CCC(CC)N(C)C(=S)[S-].CCC(CC)N(C)C(=S)[S-].[Zn+2]. The topological polar surface area (TPSA) is 6.48 Å². The minimum atomic E-state index is 0. The maximum absolute atomic E-state index is 4.87. The van der Waals surface area contributed by atoms with E-state index in [1.807, 2.05) is 23.9 Å². The van der Waals surface area contributed by atoms with Crippen LogP contribution >= 0.6 is 24.4 Å². The summed E-state index contributed by atoms with van der Waals surface area (Å²) >= 11 is 19.5. The molecule has 0 fully saturated rings. The predicted octanol–water partition coefficient (Wildman–Crippen LogP) is 3.87. The molecule has 2 nitrogen and oxygen atoms in total. The molecule has 0 saturated heterocycles. The molecule has 0 bridgehead atoms. The van der Waals surface area contributed by atoms with Crippen LogP contribution in [0.5, 0.6) is 0 Å². The minimum Gasteiger partial charge on any atom is -0.411 e. The van der Waals surface area contributed by atoms with E-state index in [4.69, 9.17) is 49.7 Å². The van der Waals surface area contributed by atoms with E-state index in [9.17, 15) is 0 Å². The predicted molar refractivity (Wildman–Crippen MR) is 104 cm³/mol. The first-order valence-electron chi connectivity index (χ1n) is 7.14. The molecule has 0 N–H and O–H groups in total. The number of thiocarbonyl (C=S) groups is 2. The summed E-state index contributed by atoms with van der Waals surface area (Å²) in [7, 11) is 3.93. The molecule has 0 heterocycles. The molecule has 120 valence electrons. The molecule has 0 aromatic rings. The number of rotatable bonds is 6. The Bertz CT molecular complexity index is 254. The van der Waals surface area contributed by atoms with Crippen molar-refractivity contribution in [2.45, 2.75) is 65.5 Å². The van der Waals surface area contributed by atoms with Crippen molar-refractivity contribution < 1.29 is 19.5 Å². The molecule has 0 aromatic carbocycles. The molecule has 0 radical (unpaired) electrons. The Balaban J connectivity index is -0.000000295. The van der Waals surface area contributed by atoms with Gasteiger partial charge in [0.05, 0.1) is 0 Å². The third-order valence-corrected chi connectivity index (χ3v) is 4.71. The van der Waals surface area contributed by atoms with E-state index in [1.54, 1.807) is 0 Å². The fourth-order valence-corrected chi connectivity index (χ4v) is 2.57. The van der Waals surface area contributed by atoms with Crippen LogP contribution < -0.4 is 0 Å². The van der Waals surface area contributed by atoms with Crippen LogP contribution in [0.15, 0.2) is 0 Å². The Morgan fingerprint density at radius 1 is 0.762 bits per heavy atom. The van der Waals surface area contributed by atoms with Gasteiger partial charge in [-0.3, -0.25) is 0 Å². The van der Waals surface area contributed by atoms with Crippen molar-refractivity contribution in [3.8, 4) is 0 Å². The summed E-state index contributed by atoms with van der Waals surface area (Å²) in [4.78, 5) is 3.98. The number of hydrogen-bond donors (Lipinski definition) is 0. The summed E-state index contributed by atoms with van der Waals surface area (Å²) in [6.07, 6.45) is 4.46. The van der Waals surface area contributed by atoms with Gasteiger partial charge in [-0.2, -0.15) is 0 Å². The van der Waals surface area contributed by atoms with Gasteiger partial charge in [-0.15, -0.1) is 0 Å². The maximum Gasteiger partial charge on any atom is 2.00 e. The minimum absolute atomic E-state index is 0. The second-order valence-electron chi connectivity index (χ2n) is 4.69. The smallest absolute Gasteiger partial charge is 0.411 e. The van der Waals surface area contributed by atoms with Gasteiger partial charge in [0, 0.05) is 26.2 Å². The third kappa shape index (κ3) is 12.0. The molecule has 0 saturated carbocycles. The van der Waals surface area contributed by atoms with Crippen LogP contribution in [0.2, 0.25) is 0 Å². The average Bonchev–Trinajstić information content (AvgIpc) is 2.41. The molecule has 0 unspecified atom stereocenters. The normalized spacial score (nSPS) is 9.52. The molecular weight excluding hydrogens is 390 g/mol. The van der Waals surface area contributed by atoms with Crippen LogP contribution in [-0.2, 0) is 44.7 Å². The monoisotopic (exact) mass is 416 g/mol. The summed E-state index contributed by atoms with van der Waals surface area (Å²) in [6, 6.07) is 1.06. The second-order valence-corrected chi connectivity index (χ2v) is 6.76. The van der Waals surface area contributed by atoms with E-state index in [-0.39, 0.29) is 19.5 Å². The third-order valence-electron chi connectivity index (χ3n) is 3.56. The Hall–Kier alpha value is 0.843. The van der Waals surface area contributed by atoms with Crippen molar-refractivity contribution in [1.82, 2.24) is 9.80 Å². The van der Waals surface area contributed by atoms with Crippen LogP contribution in [-0.4, -0.2) is 44.6 Å². The Morgan fingerprint density at radius 2 is 0.952 bits per heavy atom. The largest absolute Gasteiger partial charge is 2.00 e. The molecule has 0 aliphatic carbocycles.